The molecule has 0 amide bonds. The quantitative estimate of drug-likeness (QED) is 0.670. The van der Waals surface area contributed by atoms with Crippen molar-refractivity contribution in [2.45, 2.75) is 20.0 Å². The smallest absolute Gasteiger partial charge is 0.416 e. The van der Waals surface area contributed by atoms with Gasteiger partial charge >= 0.3 is 6.18 Å². The molecule has 0 saturated carbocycles. The van der Waals surface area contributed by atoms with Crippen LogP contribution in [0, 0.1) is 0 Å². The van der Waals surface area contributed by atoms with Crippen molar-refractivity contribution in [2.24, 2.45) is 4.99 Å². The van der Waals surface area contributed by atoms with E-state index in [1.807, 2.05) is 0 Å². The van der Waals surface area contributed by atoms with Crippen LogP contribution in [0.5, 0.6) is 5.88 Å². The van der Waals surface area contributed by atoms with E-state index in [0.29, 0.717) is 22.3 Å². The molecule has 0 aliphatic carbocycles. The molecular weight excluding hydrogens is 357 g/mol. The van der Waals surface area contributed by atoms with Crippen LogP contribution < -0.4 is 0 Å². The van der Waals surface area contributed by atoms with E-state index in [0.717, 1.165) is 12.1 Å². The van der Waals surface area contributed by atoms with Gasteiger partial charge < -0.3 is 5.11 Å². The monoisotopic (exact) mass is 374 g/mol. The number of aromatic nitrogens is 1. The summed E-state index contributed by atoms with van der Waals surface area (Å²) in [6, 6.07) is 11.9. The number of carbonyl (C=O) groups excluding carboxylic acids is 1. The number of alkyl halides is 3. The van der Waals surface area contributed by atoms with Crippen LogP contribution in [0.1, 0.15) is 25.0 Å². The third-order valence-corrected chi connectivity index (χ3v) is 4.19. The number of hydrogen-bond donors (Lipinski definition) is 1. The Hall–Kier alpha value is -3.09. The summed E-state index contributed by atoms with van der Waals surface area (Å²) in [6.45, 7) is 2.94. The molecule has 3 rings (SSSR count). The van der Waals surface area contributed by atoms with E-state index in [2.05, 4.69) is 4.99 Å². The van der Waals surface area contributed by atoms with Crippen LogP contribution in [0.15, 0.2) is 53.5 Å². The van der Waals surface area contributed by atoms with Crippen LogP contribution in [0.2, 0.25) is 0 Å². The largest absolute Gasteiger partial charge is 0.494 e. The summed E-state index contributed by atoms with van der Waals surface area (Å²) < 4.78 is 40.9. The molecule has 0 bridgehead atoms. The van der Waals surface area contributed by atoms with E-state index in [-0.39, 0.29) is 23.7 Å². The van der Waals surface area contributed by atoms with Gasteiger partial charge in [-0.25, -0.2) is 0 Å². The molecule has 0 atom stereocenters. The number of para-hydroxylation sites is 1. The van der Waals surface area contributed by atoms with Crippen molar-refractivity contribution in [2.75, 3.05) is 6.54 Å². The summed E-state index contributed by atoms with van der Waals surface area (Å²) in [4.78, 5) is 15.4. The zero-order valence-electron chi connectivity index (χ0n) is 14.7. The number of aliphatic imine (C=N–C) groups is 1. The van der Waals surface area contributed by atoms with Crippen molar-refractivity contribution >= 4 is 22.4 Å². The standard InChI is InChI=1S/C20H17F3N2O2/c1-12(26)11-24-13(2)18-16-9-8-14(20(21,22)23)10-17(16)25(19(18)27)15-6-4-3-5-7-15/h3-10,27H,11H2,1-2H3. The molecule has 0 aliphatic rings. The minimum atomic E-state index is -4.51. The molecule has 1 aromatic heterocycles. The van der Waals surface area contributed by atoms with Gasteiger partial charge in [-0.15, -0.1) is 0 Å². The minimum absolute atomic E-state index is 0.0656. The molecule has 1 heterocycles. The first kappa shape index (κ1) is 18.7. The fourth-order valence-corrected chi connectivity index (χ4v) is 2.95. The highest BCUT2D eigenvalue weighted by Gasteiger charge is 2.32. The molecule has 3 aromatic rings. The average Bonchev–Trinajstić information content (AvgIpc) is 2.90. The maximum atomic E-state index is 13.2. The third kappa shape index (κ3) is 3.58. The normalized spacial score (nSPS) is 12.6. The van der Waals surface area contributed by atoms with Crippen molar-refractivity contribution in [3.63, 3.8) is 0 Å². The number of Topliss-reactive ketones (excluding diaryl/α,β-unsaturated/α-hetero) is 1. The van der Waals surface area contributed by atoms with Gasteiger partial charge in [-0.2, -0.15) is 13.2 Å². The van der Waals surface area contributed by atoms with Crippen molar-refractivity contribution < 1.29 is 23.1 Å². The Balaban J connectivity index is 2.33. The summed E-state index contributed by atoms with van der Waals surface area (Å²) >= 11 is 0. The van der Waals surface area contributed by atoms with Gasteiger partial charge in [-0.1, -0.05) is 24.3 Å². The van der Waals surface area contributed by atoms with E-state index in [4.69, 9.17) is 0 Å². The molecule has 27 heavy (non-hydrogen) atoms. The maximum Gasteiger partial charge on any atom is 0.416 e. The molecule has 140 valence electrons. The summed E-state index contributed by atoms with van der Waals surface area (Å²) in [5, 5.41) is 11.2. The van der Waals surface area contributed by atoms with E-state index in [1.54, 1.807) is 37.3 Å². The second-order valence-electron chi connectivity index (χ2n) is 6.20. The number of ketones is 1. The predicted octanol–water partition coefficient (Wildman–Crippen LogP) is 4.75. The van der Waals surface area contributed by atoms with Crippen LogP contribution in [0.3, 0.4) is 0 Å². The Morgan fingerprint density at radius 2 is 1.78 bits per heavy atom. The van der Waals surface area contributed by atoms with Crippen LogP contribution in [-0.2, 0) is 11.0 Å². The van der Waals surface area contributed by atoms with Gasteiger partial charge in [0.25, 0.3) is 0 Å². The topological polar surface area (TPSA) is 54.6 Å². The van der Waals surface area contributed by atoms with Crippen LogP contribution in [-0.4, -0.2) is 27.7 Å². The number of fused-ring (bicyclic) bond motifs is 1. The first-order chi connectivity index (χ1) is 12.7. The Morgan fingerprint density at radius 3 is 2.37 bits per heavy atom. The maximum absolute atomic E-state index is 13.2. The second-order valence-corrected chi connectivity index (χ2v) is 6.20. The molecule has 0 spiro atoms. The molecule has 7 heteroatoms. The van der Waals surface area contributed by atoms with Gasteiger partial charge in [0.05, 0.1) is 23.2 Å². The first-order valence-electron chi connectivity index (χ1n) is 8.21. The zero-order valence-corrected chi connectivity index (χ0v) is 14.7. The summed E-state index contributed by atoms with van der Waals surface area (Å²) in [5.41, 5.74) is 0.603. The van der Waals surface area contributed by atoms with Gasteiger partial charge in [0.1, 0.15) is 0 Å². The SMILES string of the molecule is CC(=O)CN=C(C)c1c(O)n(-c2ccccc2)c2cc(C(F)(F)F)ccc12. The molecule has 2 aromatic carbocycles. The van der Waals surface area contributed by atoms with E-state index < -0.39 is 11.7 Å². The molecule has 0 fully saturated rings. The minimum Gasteiger partial charge on any atom is -0.494 e. The van der Waals surface area contributed by atoms with Gasteiger partial charge in [0.15, 0.2) is 5.78 Å². The highest BCUT2D eigenvalue weighted by Crippen LogP contribution is 2.38. The fourth-order valence-electron chi connectivity index (χ4n) is 2.95. The second kappa shape index (κ2) is 6.90. The molecular formula is C20H17F3N2O2. The van der Waals surface area contributed by atoms with Crippen LogP contribution in [0.4, 0.5) is 13.2 Å². The first-order valence-corrected chi connectivity index (χ1v) is 8.21. The number of benzene rings is 2. The predicted molar refractivity (Wildman–Crippen MR) is 97.7 cm³/mol. The number of aromatic hydroxyl groups is 1. The zero-order chi connectivity index (χ0) is 19.8. The molecule has 0 saturated heterocycles. The van der Waals surface area contributed by atoms with E-state index in [1.165, 1.54) is 17.6 Å². The Bertz CT molecular complexity index is 1030. The lowest BCUT2D eigenvalue weighted by molar-refractivity contribution is -0.137. The molecule has 0 unspecified atom stereocenters. The van der Waals surface area contributed by atoms with Crippen molar-refractivity contribution in [3.05, 3.63) is 59.7 Å². The van der Waals surface area contributed by atoms with Gasteiger partial charge in [0, 0.05) is 16.8 Å². The number of carbonyl (C=O) groups is 1. The van der Waals surface area contributed by atoms with Crippen LogP contribution >= 0.6 is 0 Å². The Kier molecular flexibility index (Phi) is 4.78. The number of nitrogens with zero attached hydrogens (tertiary/aromatic N) is 2. The molecule has 0 radical (unpaired) electrons. The van der Waals surface area contributed by atoms with Crippen molar-refractivity contribution in [3.8, 4) is 11.6 Å². The number of hydrogen-bond acceptors (Lipinski definition) is 3. The average molecular weight is 374 g/mol. The summed E-state index contributed by atoms with van der Waals surface area (Å²) in [6.07, 6.45) is -4.51. The molecule has 1 N–H and O–H groups in total. The number of rotatable bonds is 4. The lowest BCUT2D eigenvalue weighted by atomic mass is 10.1. The Labute approximate surface area is 153 Å². The van der Waals surface area contributed by atoms with Gasteiger partial charge in [-0.05, 0) is 38.1 Å². The summed E-state index contributed by atoms with van der Waals surface area (Å²) in [7, 11) is 0. The highest BCUT2D eigenvalue weighted by molar-refractivity contribution is 6.13. The Morgan fingerprint density at radius 1 is 1.11 bits per heavy atom. The summed E-state index contributed by atoms with van der Waals surface area (Å²) in [5.74, 6) is -0.375. The van der Waals surface area contributed by atoms with Gasteiger partial charge in [0.2, 0.25) is 5.88 Å². The molecule has 4 nitrogen and oxygen atoms in total. The lowest BCUT2D eigenvalue weighted by Crippen LogP contribution is -2.05. The van der Waals surface area contributed by atoms with E-state index >= 15 is 0 Å². The van der Waals surface area contributed by atoms with Crippen LogP contribution in [0.25, 0.3) is 16.6 Å². The fraction of sp³-hybridized carbons (Fsp3) is 0.200. The third-order valence-electron chi connectivity index (χ3n) is 4.19. The lowest BCUT2D eigenvalue weighted by Gasteiger charge is -2.09. The van der Waals surface area contributed by atoms with Gasteiger partial charge in [-0.3, -0.25) is 14.4 Å². The highest BCUT2D eigenvalue weighted by atomic mass is 19.4. The van der Waals surface area contributed by atoms with Crippen molar-refractivity contribution in [1.82, 2.24) is 4.57 Å². The number of halogens is 3. The molecule has 0 aliphatic heterocycles. The van der Waals surface area contributed by atoms with Crippen molar-refractivity contribution in [1.29, 1.82) is 0 Å². The van der Waals surface area contributed by atoms with E-state index in [9.17, 15) is 23.1 Å².